The molecule has 23 heavy (non-hydrogen) atoms. The first kappa shape index (κ1) is 15.9. The van der Waals surface area contributed by atoms with Crippen molar-refractivity contribution in [3.63, 3.8) is 0 Å². The van der Waals surface area contributed by atoms with Crippen LogP contribution in [0.5, 0.6) is 0 Å². The predicted molar refractivity (Wildman–Crippen MR) is 86.1 cm³/mol. The Morgan fingerprint density at radius 1 is 1.22 bits per heavy atom. The molecule has 1 heterocycles. The van der Waals surface area contributed by atoms with Crippen LogP contribution in [0.1, 0.15) is 15.9 Å². The first-order chi connectivity index (χ1) is 11.1. The van der Waals surface area contributed by atoms with E-state index in [4.69, 9.17) is 0 Å². The van der Waals surface area contributed by atoms with E-state index in [1.165, 1.54) is 24.5 Å². The second kappa shape index (κ2) is 7.51. The van der Waals surface area contributed by atoms with Crippen molar-refractivity contribution in [1.82, 2.24) is 15.8 Å². The number of nitrogens with one attached hydrogen (secondary N) is 2. The Morgan fingerprint density at radius 2 is 1.96 bits per heavy atom. The Balaban J connectivity index is 1.91. The highest BCUT2D eigenvalue weighted by atomic mass is 16.6. The van der Waals surface area contributed by atoms with Gasteiger partial charge in [-0.15, -0.1) is 0 Å². The van der Waals surface area contributed by atoms with Crippen molar-refractivity contribution >= 4 is 17.7 Å². The number of allylic oxidation sites excluding steroid dienone is 1. The molecule has 7 heteroatoms. The number of nitro groups is 1. The number of nitro benzene ring substituents is 1. The molecule has 0 atom stereocenters. The summed E-state index contributed by atoms with van der Waals surface area (Å²) in [5, 5.41) is 10.7. The third-order valence-electron chi connectivity index (χ3n) is 2.84. The van der Waals surface area contributed by atoms with Gasteiger partial charge in [-0.2, -0.15) is 0 Å². The topological polar surface area (TPSA) is 97.2 Å². The van der Waals surface area contributed by atoms with Gasteiger partial charge in [0.2, 0.25) is 0 Å². The Bertz CT molecular complexity index is 757. The van der Waals surface area contributed by atoms with Crippen LogP contribution in [0.4, 0.5) is 5.69 Å². The number of pyridine rings is 1. The third-order valence-corrected chi connectivity index (χ3v) is 2.84. The van der Waals surface area contributed by atoms with Gasteiger partial charge in [-0.3, -0.25) is 30.7 Å². The maximum atomic E-state index is 11.8. The van der Waals surface area contributed by atoms with Crippen LogP contribution >= 0.6 is 0 Å². The van der Waals surface area contributed by atoms with Crippen molar-refractivity contribution in [3.05, 3.63) is 88.4 Å². The number of nitrogens with zero attached hydrogens (tertiary/aromatic N) is 2. The molecule has 2 rings (SSSR count). The van der Waals surface area contributed by atoms with Gasteiger partial charge in [-0.1, -0.05) is 24.8 Å². The molecule has 0 radical (unpaired) electrons. The minimum atomic E-state index is -0.459. The van der Waals surface area contributed by atoms with Gasteiger partial charge >= 0.3 is 0 Å². The molecule has 1 aromatic carbocycles. The number of benzene rings is 1. The van der Waals surface area contributed by atoms with Gasteiger partial charge in [-0.25, -0.2) is 0 Å². The van der Waals surface area contributed by atoms with E-state index in [1.807, 2.05) is 0 Å². The summed E-state index contributed by atoms with van der Waals surface area (Å²) in [6, 6.07) is 9.35. The summed E-state index contributed by atoms with van der Waals surface area (Å²) in [5.74, 6) is -0.322. The molecule has 1 aromatic heterocycles. The average molecular weight is 310 g/mol. The molecule has 0 bridgehead atoms. The number of aromatic nitrogens is 1. The summed E-state index contributed by atoms with van der Waals surface area (Å²) in [7, 11) is 0. The van der Waals surface area contributed by atoms with Gasteiger partial charge in [-0.05, 0) is 23.8 Å². The number of hydrazine groups is 1. The number of amides is 1. The lowest BCUT2D eigenvalue weighted by Gasteiger charge is -2.07. The molecule has 2 aromatic rings. The minimum absolute atomic E-state index is 0.0108. The van der Waals surface area contributed by atoms with Gasteiger partial charge in [0.1, 0.15) is 0 Å². The van der Waals surface area contributed by atoms with E-state index >= 15 is 0 Å². The van der Waals surface area contributed by atoms with Crippen LogP contribution in [-0.4, -0.2) is 15.8 Å². The monoisotopic (exact) mass is 310 g/mol. The number of non-ortho nitro benzene ring substituents is 1. The molecule has 1 amide bonds. The molecule has 7 nitrogen and oxygen atoms in total. The highest BCUT2D eigenvalue weighted by Crippen LogP contribution is 2.14. The van der Waals surface area contributed by atoms with E-state index in [-0.39, 0.29) is 11.6 Å². The lowest BCUT2D eigenvalue weighted by Crippen LogP contribution is -2.35. The summed E-state index contributed by atoms with van der Waals surface area (Å²) in [6.45, 7) is 3.73. The maximum absolute atomic E-state index is 11.8. The van der Waals surface area contributed by atoms with Gasteiger partial charge in [0.15, 0.2) is 0 Å². The van der Waals surface area contributed by atoms with Gasteiger partial charge < -0.3 is 0 Å². The van der Waals surface area contributed by atoms with E-state index in [0.717, 1.165) is 0 Å². The summed E-state index contributed by atoms with van der Waals surface area (Å²) >= 11 is 0. The number of rotatable bonds is 6. The fourth-order valence-corrected chi connectivity index (χ4v) is 1.69. The summed E-state index contributed by atoms with van der Waals surface area (Å²) in [5.41, 5.74) is 6.70. The van der Waals surface area contributed by atoms with Crippen molar-refractivity contribution < 1.29 is 9.72 Å². The van der Waals surface area contributed by atoms with E-state index < -0.39 is 4.92 Å². The normalized spacial score (nSPS) is 10.3. The zero-order chi connectivity index (χ0) is 16.7. The van der Waals surface area contributed by atoms with Crippen LogP contribution in [0.3, 0.4) is 0 Å². The van der Waals surface area contributed by atoms with Crippen molar-refractivity contribution in [2.75, 3.05) is 0 Å². The summed E-state index contributed by atoms with van der Waals surface area (Å²) < 4.78 is 0. The van der Waals surface area contributed by atoms with Gasteiger partial charge in [0.25, 0.3) is 11.6 Å². The number of carbonyl (C=O) groups excluding carboxylic acids is 1. The molecule has 0 unspecified atom stereocenters. The van der Waals surface area contributed by atoms with Crippen molar-refractivity contribution in [1.29, 1.82) is 0 Å². The number of hydrogen-bond acceptors (Lipinski definition) is 5. The molecular formula is C16H14N4O3. The molecule has 116 valence electrons. The highest BCUT2D eigenvalue weighted by Gasteiger charge is 2.04. The summed E-state index contributed by atoms with van der Waals surface area (Å²) in [4.78, 5) is 25.9. The fraction of sp³-hybridized carbons (Fsp3) is 0. The zero-order valence-electron chi connectivity index (χ0n) is 12.1. The lowest BCUT2D eigenvalue weighted by molar-refractivity contribution is -0.384. The van der Waals surface area contributed by atoms with E-state index in [2.05, 4.69) is 22.4 Å². The average Bonchev–Trinajstić information content (AvgIpc) is 2.58. The molecule has 0 aliphatic carbocycles. The second-order valence-electron chi connectivity index (χ2n) is 4.53. The third kappa shape index (κ3) is 4.78. The van der Waals surface area contributed by atoms with E-state index in [1.54, 1.807) is 36.4 Å². The van der Waals surface area contributed by atoms with Crippen molar-refractivity contribution in [2.45, 2.75) is 0 Å². The first-order valence-electron chi connectivity index (χ1n) is 6.64. The summed E-state index contributed by atoms with van der Waals surface area (Å²) in [6.07, 6.45) is 6.30. The maximum Gasteiger partial charge on any atom is 0.270 e. The van der Waals surface area contributed by atoms with E-state index in [9.17, 15) is 14.9 Å². The second-order valence-corrected chi connectivity index (χ2v) is 4.53. The SMILES string of the molecule is C=C(C=Cc1cccc([N+](=O)[O-])c1)NNC(=O)c1ccncc1. The van der Waals surface area contributed by atoms with Crippen LogP contribution < -0.4 is 10.9 Å². The van der Waals surface area contributed by atoms with Crippen molar-refractivity contribution in [3.8, 4) is 0 Å². The Kier molecular flexibility index (Phi) is 5.19. The molecule has 0 saturated heterocycles. The van der Waals surface area contributed by atoms with Gasteiger partial charge in [0.05, 0.1) is 4.92 Å². The molecule has 0 aliphatic heterocycles. The Morgan fingerprint density at radius 3 is 2.65 bits per heavy atom. The van der Waals surface area contributed by atoms with Gasteiger partial charge in [0, 0.05) is 35.8 Å². The highest BCUT2D eigenvalue weighted by molar-refractivity contribution is 5.93. The fourth-order valence-electron chi connectivity index (χ4n) is 1.69. The van der Waals surface area contributed by atoms with Crippen LogP contribution in [0, 0.1) is 10.1 Å². The van der Waals surface area contributed by atoms with Crippen LogP contribution in [0.2, 0.25) is 0 Å². The van der Waals surface area contributed by atoms with Crippen molar-refractivity contribution in [2.24, 2.45) is 0 Å². The molecule has 0 aliphatic rings. The number of hydrogen-bond donors (Lipinski definition) is 2. The molecular weight excluding hydrogens is 296 g/mol. The van der Waals surface area contributed by atoms with E-state index in [0.29, 0.717) is 16.8 Å². The Labute approximate surface area is 132 Å². The standard InChI is InChI=1S/C16H14N4O3/c1-12(18-19-16(21)14-7-9-17-10-8-14)5-6-13-3-2-4-15(11-13)20(22)23/h2-11,18H,1H2,(H,19,21). The molecule has 0 fully saturated rings. The van der Waals surface area contributed by atoms with Crippen LogP contribution in [0.25, 0.3) is 6.08 Å². The van der Waals surface area contributed by atoms with Crippen LogP contribution in [-0.2, 0) is 0 Å². The largest absolute Gasteiger partial charge is 0.299 e. The number of carbonyl (C=O) groups is 1. The first-order valence-corrected chi connectivity index (χ1v) is 6.64. The molecule has 0 saturated carbocycles. The predicted octanol–water partition coefficient (Wildman–Crippen LogP) is 2.45. The smallest absolute Gasteiger partial charge is 0.270 e. The zero-order valence-corrected chi connectivity index (χ0v) is 12.1. The molecule has 2 N–H and O–H groups in total. The minimum Gasteiger partial charge on any atom is -0.299 e. The Hall–Kier alpha value is -3.48. The van der Waals surface area contributed by atoms with Crippen LogP contribution in [0.15, 0.2) is 67.1 Å². The molecule has 0 spiro atoms. The lowest BCUT2D eigenvalue weighted by atomic mass is 10.2. The quantitative estimate of drug-likeness (QED) is 0.485.